The van der Waals surface area contributed by atoms with Gasteiger partial charge in [0.25, 0.3) is 5.56 Å². The number of hydrogen-bond acceptors (Lipinski definition) is 3. The summed E-state index contributed by atoms with van der Waals surface area (Å²) in [5, 5.41) is 0.600. The Balaban J connectivity index is 1.37. The molecule has 0 radical (unpaired) electrons. The van der Waals surface area contributed by atoms with E-state index in [1.807, 2.05) is 18.2 Å². The van der Waals surface area contributed by atoms with E-state index in [-0.39, 0.29) is 17.5 Å². The van der Waals surface area contributed by atoms with E-state index < -0.39 is 0 Å². The molecule has 1 amide bonds. The van der Waals surface area contributed by atoms with Crippen molar-refractivity contribution >= 4 is 16.8 Å². The minimum Gasteiger partial charge on any atom is -0.333 e. The van der Waals surface area contributed by atoms with Crippen molar-refractivity contribution in [3.8, 4) is 0 Å². The van der Waals surface area contributed by atoms with E-state index >= 15 is 0 Å². The normalized spacial score (nSPS) is 18.4. The maximum Gasteiger partial charge on any atom is 0.261 e. The summed E-state index contributed by atoms with van der Waals surface area (Å²) >= 11 is 0. The first-order valence-corrected chi connectivity index (χ1v) is 10.6. The van der Waals surface area contributed by atoms with Gasteiger partial charge >= 0.3 is 0 Å². The van der Waals surface area contributed by atoms with Gasteiger partial charge in [0, 0.05) is 19.0 Å². The van der Waals surface area contributed by atoms with E-state index in [4.69, 9.17) is 0 Å². The number of rotatable bonds is 5. The Bertz CT molecular complexity index is 1120. The van der Waals surface area contributed by atoms with Crippen molar-refractivity contribution in [2.45, 2.75) is 57.2 Å². The zero-order valence-corrected chi connectivity index (χ0v) is 16.5. The van der Waals surface area contributed by atoms with Gasteiger partial charge in [-0.2, -0.15) is 0 Å². The Morgan fingerprint density at radius 3 is 2.72 bits per heavy atom. The predicted octanol–water partition coefficient (Wildman–Crippen LogP) is 3.86. The summed E-state index contributed by atoms with van der Waals surface area (Å²) in [4.78, 5) is 32.5. The summed E-state index contributed by atoms with van der Waals surface area (Å²) in [5.41, 5.74) is 3.29. The van der Waals surface area contributed by atoms with Crippen LogP contribution in [0.4, 0.5) is 0 Å². The Hall–Kier alpha value is -2.95. The molecular weight excluding hydrogens is 362 g/mol. The van der Waals surface area contributed by atoms with Gasteiger partial charge in [-0.1, -0.05) is 36.4 Å². The van der Waals surface area contributed by atoms with Crippen LogP contribution in [0, 0.1) is 0 Å². The standard InChI is InChI=1S/C24H25N3O2/c28-23(14-15-26-16-25-21-10-4-3-9-20(21)24(26)29)27(18-12-13-18)22-11-5-7-17-6-1-2-8-19(17)22/h1-4,6,8-10,16,18,22H,5,7,11-15H2. The molecule has 2 aliphatic carbocycles. The molecule has 5 heteroatoms. The van der Waals surface area contributed by atoms with Crippen molar-refractivity contribution < 1.29 is 4.79 Å². The molecule has 0 aliphatic heterocycles. The number of nitrogens with zero attached hydrogens (tertiary/aromatic N) is 3. The number of aryl methyl sites for hydroxylation is 2. The van der Waals surface area contributed by atoms with E-state index in [1.54, 1.807) is 17.0 Å². The number of para-hydroxylation sites is 1. The fraction of sp³-hybridized carbons (Fsp3) is 0.375. The monoisotopic (exact) mass is 387 g/mol. The maximum absolute atomic E-state index is 13.3. The molecule has 0 N–H and O–H groups in total. The van der Waals surface area contributed by atoms with Gasteiger partial charge in [-0.05, 0) is 55.4 Å². The highest BCUT2D eigenvalue weighted by Gasteiger charge is 2.39. The van der Waals surface area contributed by atoms with Gasteiger partial charge in [-0.15, -0.1) is 0 Å². The molecule has 0 saturated heterocycles. The second-order valence-electron chi connectivity index (χ2n) is 8.15. The van der Waals surface area contributed by atoms with Crippen molar-refractivity contribution in [3.05, 3.63) is 76.3 Å². The minimum atomic E-state index is -0.0793. The van der Waals surface area contributed by atoms with Crippen molar-refractivity contribution in [2.75, 3.05) is 0 Å². The third-order valence-corrected chi connectivity index (χ3v) is 6.20. The van der Waals surface area contributed by atoms with Gasteiger partial charge in [0.1, 0.15) is 0 Å². The molecule has 2 aliphatic rings. The fourth-order valence-electron chi connectivity index (χ4n) is 4.61. The van der Waals surface area contributed by atoms with E-state index in [0.29, 0.717) is 29.9 Å². The van der Waals surface area contributed by atoms with E-state index in [0.717, 1.165) is 32.1 Å². The van der Waals surface area contributed by atoms with Gasteiger partial charge in [0.05, 0.1) is 23.3 Å². The third kappa shape index (κ3) is 3.46. The van der Waals surface area contributed by atoms with Crippen molar-refractivity contribution in [3.63, 3.8) is 0 Å². The number of amides is 1. The SMILES string of the molecule is O=C(CCn1cnc2ccccc2c1=O)N(C1CC1)C1CCCc2ccccc21. The topological polar surface area (TPSA) is 55.2 Å². The van der Waals surface area contributed by atoms with Gasteiger partial charge in [0.2, 0.25) is 5.91 Å². The lowest BCUT2D eigenvalue weighted by Crippen LogP contribution is -2.39. The first-order valence-electron chi connectivity index (χ1n) is 10.6. The van der Waals surface area contributed by atoms with Gasteiger partial charge in [-0.25, -0.2) is 4.98 Å². The van der Waals surface area contributed by atoms with E-state index in [9.17, 15) is 9.59 Å². The maximum atomic E-state index is 13.3. The molecule has 3 aromatic rings. The second kappa shape index (κ2) is 7.47. The Morgan fingerprint density at radius 2 is 1.86 bits per heavy atom. The highest BCUT2D eigenvalue weighted by atomic mass is 16.2. The number of fused-ring (bicyclic) bond motifs is 2. The molecule has 148 valence electrons. The molecule has 1 saturated carbocycles. The van der Waals surface area contributed by atoms with Gasteiger partial charge < -0.3 is 4.90 Å². The molecule has 2 aromatic carbocycles. The lowest BCUT2D eigenvalue weighted by atomic mass is 9.86. The lowest BCUT2D eigenvalue weighted by Gasteiger charge is -2.36. The number of aromatic nitrogens is 2. The molecule has 0 bridgehead atoms. The van der Waals surface area contributed by atoms with Crippen molar-refractivity contribution in [1.29, 1.82) is 0 Å². The summed E-state index contributed by atoms with van der Waals surface area (Å²) in [6, 6.07) is 16.4. The largest absolute Gasteiger partial charge is 0.333 e. The van der Waals surface area contributed by atoms with Gasteiger partial charge in [0.15, 0.2) is 0 Å². The van der Waals surface area contributed by atoms with Crippen LogP contribution in [-0.4, -0.2) is 26.4 Å². The highest BCUT2D eigenvalue weighted by Crippen LogP contribution is 2.41. The first-order chi connectivity index (χ1) is 14.2. The smallest absolute Gasteiger partial charge is 0.261 e. The van der Waals surface area contributed by atoms with Crippen LogP contribution in [-0.2, 0) is 17.8 Å². The Labute approximate surface area is 170 Å². The van der Waals surface area contributed by atoms with Crippen LogP contribution in [0.1, 0.15) is 49.3 Å². The average molecular weight is 387 g/mol. The molecule has 1 aromatic heterocycles. The van der Waals surface area contributed by atoms with E-state index in [2.05, 4.69) is 34.1 Å². The minimum absolute atomic E-state index is 0.0793. The third-order valence-electron chi connectivity index (χ3n) is 6.20. The van der Waals surface area contributed by atoms with Crippen molar-refractivity contribution in [2.24, 2.45) is 0 Å². The molecule has 1 heterocycles. The highest BCUT2D eigenvalue weighted by molar-refractivity contribution is 5.78. The lowest BCUT2D eigenvalue weighted by molar-refractivity contribution is -0.135. The van der Waals surface area contributed by atoms with Crippen molar-refractivity contribution in [1.82, 2.24) is 14.5 Å². The van der Waals surface area contributed by atoms with E-state index in [1.165, 1.54) is 11.1 Å². The predicted molar refractivity (Wildman–Crippen MR) is 113 cm³/mol. The van der Waals surface area contributed by atoms with Crippen LogP contribution < -0.4 is 5.56 Å². The Morgan fingerprint density at radius 1 is 1.07 bits per heavy atom. The zero-order valence-electron chi connectivity index (χ0n) is 16.5. The van der Waals surface area contributed by atoms with Crippen LogP contribution in [0.3, 0.4) is 0 Å². The number of carbonyl (C=O) groups is 1. The summed E-state index contributed by atoms with van der Waals surface area (Å²) in [6.07, 6.45) is 7.30. The molecule has 1 atom stereocenters. The summed E-state index contributed by atoms with van der Waals surface area (Å²) in [7, 11) is 0. The zero-order chi connectivity index (χ0) is 19.8. The van der Waals surface area contributed by atoms with Crippen LogP contribution in [0.15, 0.2) is 59.7 Å². The fourth-order valence-corrected chi connectivity index (χ4v) is 4.61. The molecule has 5 nitrogen and oxygen atoms in total. The molecule has 29 heavy (non-hydrogen) atoms. The van der Waals surface area contributed by atoms with Crippen LogP contribution >= 0.6 is 0 Å². The summed E-state index contributed by atoms with van der Waals surface area (Å²) < 4.78 is 1.57. The Kier molecular flexibility index (Phi) is 4.66. The molecule has 1 unspecified atom stereocenters. The van der Waals surface area contributed by atoms with Crippen LogP contribution in [0.5, 0.6) is 0 Å². The number of carbonyl (C=O) groups excluding carboxylic acids is 1. The molecule has 1 fully saturated rings. The summed E-state index contributed by atoms with van der Waals surface area (Å²) in [5.74, 6) is 0.147. The molecule has 0 spiro atoms. The number of benzene rings is 2. The number of hydrogen-bond donors (Lipinski definition) is 0. The van der Waals surface area contributed by atoms with Crippen LogP contribution in [0.2, 0.25) is 0 Å². The van der Waals surface area contributed by atoms with Crippen LogP contribution in [0.25, 0.3) is 10.9 Å². The summed E-state index contributed by atoms with van der Waals surface area (Å²) in [6.45, 7) is 0.368. The first kappa shape index (κ1) is 18.1. The van der Waals surface area contributed by atoms with Gasteiger partial charge in [-0.3, -0.25) is 14.2 Å². The average Bonchev–Trinajstić information content (AvgIpc) is 3.59. The quantitative estimate of drug-likeness (QED) is 0.668. The molecular formula is C24H25N3O2. The second-order valence-corrected chi connectivity index (χ2v) is 8.15. The molecule has 5 rings (SSSR count).